The van der Waals surface area contributed by atoms with Crippen LogP contribution in [0.25, 0.3) is 0 Å². The van der Waals surface area contributed by atoms with Crippen LogP contribution >= 0.6 is 0 Å². The van der Waals surface area contributed by atoms with Crippen LogP contribution in [0.5, 0.6) is 0 Å². The van der Waals surface area contributed by atoms with Crippen molar-refractivity contribution >= 4 is 0 Å². The molecule has 13 heavy (non-hydrogen) atoms. The Morgan fingerprint density at radius 1 is 1.31 bits per heavy atom. The van der Waals surface area contributed by atoms with Crippen molar-refractivity contribution in [3.63, 3.8) is 0 Å². The fraction of sp³-hybridized carbons (Fsp3) is 0.800. The van der Waals surface area contributed by atoms with Crippen molar-refractivity contribution in [2.45, 2.75) is 33.5 Å². The van der Waals surface area contributed by atoms with Gasteiger partial charge in [0.1, 0.15) is 0 Å². The second-order valence-electron chi connectivity index (χ2n) is 2.27. The highest BCUT2D eigenvalue weighted by atomic mass is 16.6. The minimum atomic E-state index is -0.618. The summed E-state index contributed by atoms with van der Waals surface area (Å²) in [6.07, 6.45) is 1.63. The van der Waals surface area contributed by atoms with Gasteiger partial charge in [0, 0.05) is 13.2 Å². The van der Waals surface area contributed by atoms with E-state index in [1.54, 1.807) is 6.08 Å². The van der Waals surface area contributed by atoms with Gasteiger partial charge in [-0.1, -0.05) is 13.0 Å². The highest BCUT2D eigenvalue weighted by Gasteiger charge is 1.94. The quantitative estimate of drug-likeness (QED) is 0.514. The van der Waals surface area contributed by atoms with Gasteiger partial charge in [0.05, 0.1) is 6.61 Å². The fourth-order valence-corrected chi connectivity index (χ4v) is 0.501. The van der Waals surface area contributed by atoms with Gasteiger partial charge < -0.3 is 14.6 Å². The lowest BCUT2D eigenvalue weighted by atomic mass is 10.5. The number of rotatable bonds is 6. The van der Waals surface area contributed by atoms with E-state index < -0.39 is 6.29 Å². The van der Waals surface area contributed by atoms with Crippen molar-refractivity contribution in [3.8, 4) is 0 Å². The van der Waals surface area contributed by atoms with Crippen LogP contribution < -0.4 is 0 Å². The molecule has 0 aromatic heterocycles. The van der Waals surface area contributed by atoms with E-state index in [0.29, 0.717) is 13.0 Å². The van der Waals surface area contributed by atoms with E-state index in [4.69, 9.17) is 14.6 Å². The van der Waals surface area contributed by atoms with Gasteiger partial charge in [-0.3, -0.25) is 0 Å². The Kier molecular flexibility index (Phi) is 16.5. The fourth-order valence-electron chi connectivity index (χ4n) is 0.501. The average Bonchev–Trinajstić information content (AvgIpc) is 2.16. The average molecular weight is 190 g/mol. The van der Waals surface area contributed by atoms with Crippen molar-refractivity contribution in [1.29, 1.82) is 0 Å². The molecule has 0 heterocycles. The van der Waals surface area contributed by atoms with Gasteiger partial charge >= 0.3 is 0 Å². The topological polar surface area (TPSA) is 38.7 Å². The second-order valence-corrected chi connectivity index (χ2v) is 2.27. The Balaban J connectivity index is 0. The normalized spacial score (nSPS) is 11.4. The molecule has 3 nitrogen and oxygen atoms in total. The smallest absolute Gasteiger partial charge is 0.154 e. The Morgan fingerprint density at radius 2 is 1.85 bits per heavy atom. The predicted molar refractivity (Wildman–Crippen MR) is 54.6 cm³/mol. The lowest BCUT2D eigenvalue weighted by Gasteiger charge is -2.05. The van der Waals surface area contributed by atoms with Crippen LogP contribution in [0.1, 0.15) is 27.2 Å². The van der Waals surface area contributed by atoms with E-state index in [-0.39, 0.29) is 0 Å². The van der Waals surface area contributed by atoms with Crippen molar-refractivity contribution in [1.82, 2.24) is 0 Å². The summed E-state index contributed by atoms with van der Waals surface area (Å²) in [6, 6.07) is 0. The summed E-state index contributed by atoms with van der Waals surface area (Å²) in [5.41, 5.74) is 0. The Labute approximate surface area is 81.4 Å². The van der Waals surface area contributed by atoms with E-state index in [0.717, 1.165) is 13.2 Å². The van der Waals surface area contributed by atoms with Crippen LogP contribution in [-0.2, 0) is 9.47 Å². The highest BCUT2D eigenvalue weighted by molar-refractivity contribution is 4.63. The molecule has 0 spiro atoms. The van der Waals surface area contributed by atoms with E-state index in [9.17, 15) is 0 Å². The maximum atomic E-state index is 8.72. The lowest BCUT2D eigenvalue weighted by Crippen LogP contribution is -2.09. The molecule has 80 valence electrons. The standard InChI is InChI=1S/C6H12O2.C4H10O/c1-3-5-8-6(7)4-2;1-3-5-4-2/h3,6-7H,1,4-5H2,2H3;3-4H2,1-2H3. The maximum Gasteiger partial charge on any atom is 0.154 e. The zero-order chi connectivity index (χ0) is 10.5. The summed E-state index contributed by atoms with van der Waals surface area (Å²) in [6.45, 7) is 11.4. The molecule has 3 heteroatoms. The summed E-state index contributed by atoms with van der Waals surface area (Å²) in [7, 11) is 0. The van der Waals surface area contributed by atoms with E-state index in [2.05, 4.69) is 6.58 Å². The predicted octanol–water partition coefficient (Wildman–Crippen LogP) is 1.96. The number of ether oxygens (including phenoxy) is 2. The molecule has 0 aromatic rings. The zero-order valence-electron chi connectivity index (χ0n) is 8.95. The summed E-state index contributed by atoms with van der Waals surface area (Å²) in [5.74, 6) is 0. The minimum Gasteiger partial charge on any atom is -0.382 e. The minimum absolute atomic E-state index is 0.426. The summed E-state index contributed by atoms with van der Waals surface area (Å²) < 4.78 is 9.61. The zero-order valence-corrected chi connectivity index (χ0v) is 8.95. The SMILES string of the molecule is C=CCOC(O)CC.CCOCC. The molecule has 0 fully saturated rings. The van der Waals surface area contributed by atoms with Gasteiger partial charge in [-0.25, -0.2) is 0 Å². The first-order valence-electron chi connectivity index (χ1n) is 4.71. The van der Waals surface area contributed by atoms with Crippen LogP contribution in [0.4, 0.5) is 0 Å². The largest absolute Gasteiger partial charge is 0.382 e. The summed E-state index contributed by atoms with van der Waals surface area (Å²) in [4.78, 5) is 0. The highest BCUT2D eigenvalue weighted by Crippen LogP contribution is 1.90. The summed E-state index contributed by atoms with van der Waals surface area (Å²) in [5, 5.41) is 8.72. The Hall–Kier alpha value is -0.380. The van der Waals surface area contributed by atoms with Gasteiger partial charge in [0.2, 0.25) is 0 Å². The van der Waals surface area contributed by atoms with Crippen LogP contribution in [0.3, 0.4) is 0 Å². The third kappa shape index (κ3) is 18.5. The molecular formula is C10H22O3. The third-order valence-corrected chi connectivity index (χ3v) is 1.16. The molecule has 1 N–H and O–H groups in total. The van der Waals surface area contributed by atoms with E-state index >= 15 is 0 Å². The molecule has 0 rings (SSSR count). The molecule has 0 aliphatic rings. The monoisotopic (exact) mass is 190 g/mol. The Morgan fingerprint density at radius 3 is 2.08 bits per heavy atom. The molecule has 0 radical (unpaired) electrons. The first-order chi connectivity index (χ1) is 6.22. The van der Waals surface area contributed by atoms with Crippen LogP contribution in [0.15, 0.2) is 12.7 Å². The van der Waals surface area contributed by atoms with Crippen molar-refractivity contribution in [3.05, 3.63) is 12.7 Å². The number of hydrogen-bond donors (Lipinski definition) is 1. The molecule has 0 saturated carbocycles. The molecule has 0 saturated heterocycles. The molecule has 0 aromatic carbocycles. The van der Waals surface area contributed by atoms with Crippen LogP contribution in [-0.4, -0.2) is 31.2 Å². The molecule has 0 bridgehead atoms. The molecule has 0 aliphatic carbocycles. The maximum absolute atomic E-state index is 8.72. The van der Waals surface area contributed by atoms with Crippen molar-refractivity contribution < 1.29 is 14.6 Å². The van der Waals surface area contributed by atoms with Crippen molar-refractivity contribution in [2.75, 3.05) is 19.8 Å². The van der Waals surface area contributed by atoms with Gasteiger partial charge in [0.15, 0.2) is 6.29 Å². The molecule has 1 unspecified atom stereocenters. The van der Waals surface area contributed by atoms with Crippen molar-refractivity contribution in [2.24, 2.45) is 0 Å². The van der Waals surface area contributed by atoms with Gasteiger partial charge in [-0.15, -0.1) is 6.58 Å². The van der Waals surface area contributed by atoms with Gasteiger partial charge in [-0.05, 0) is 20.3 Å². The van der Waals surface area contributed by atoms with Crippen LogP contribution in [0.2, 0.25) is 0 Å². The van der Waals surface area contributed by atoms with E-state index in [1.165, 1.54) is 0 Å². The first kappa shape index (κ1) is 15.1. The van der Waals surface area contributed by atoms with Gasteiger partial charge in [-0.2, -0.15) is 0 Å². The number of hydrogen-bond acceptors (Lipinski definition) is 3. The lowest BCUT2D eigenvalue weighted by molar-refractivity contribution is -0.0896. The Bertz CT molecular complexity index is 92.2. The molecule has 1 atom stereocenters. The first-order valence-corrected chi connectivity index (χ1v) is 4.71. The van der Waals surface area contributed by atoms with E-state index in [1.807, 2.05) is 20.8 Å². The second kappa shape index (κ2) is 14.2. The molecular weight excluding hydrogens is 168 g/mol. The summed E-state index contributed by atoms with van der Waals surface area (Å²) >= 11 is 0. The number of aliphatic hydroxyl groups excluding tert-OH is 1. The van der Waals surface area contributed by atoms with Gasteiger partial charge in [0.25, 0.3) is 0 Å². The molecule has 0 amide bonds. The van der Waals surface area contributed by atoms with Crippen LogP contribution in [0, 0.1) is 0 Å². The molecule has 0 aliphatic heterocycles. The number of aliphatic hydroxyl groups is 1. The third-order valence-electron chi connectivity index (χ3n) is 1.16.